The van der Waals surface area contributed by atoms with E-state index in [1.165, 1.54) is 20.5 Å². The number of thiazole rings is 1. The van der Waals surface area contributed by atoms with Gasteiger partial charge in [-0.15, -0.1) is 11.3 Å². The van der Waals surface area contributed by atoms with Gasteiger partial charge in [-0.2, -0.15) is 0 Å². The number of hydrogen-bond donors (Lipinski definition) is 0. The number of rotatable bonds is 3. The molecule has 0 atom stereocenters. The molecule has 2 heterocycles. The van der Waals surface area contributed by atoms with Gasteiger partial charge in [0.05, 0.1) is 23.5 Å². The second-order valence-electron chi connectivity index (χ2n) is 4.02. The van der Waals surface area contributed by atoms with Gasteiger partial charge in [0.25, 0.3) is 0 Å². The molecular weight excluding hydrogens is 346 g/mol. The van der Waals surface area contributed by atoms with Gasteiger partial charge in [-0.25, -0.2) is 14.3 Å². The average molecular weight is 353 g/mol. The molecule has 0 amide bonds. The van der Waals surface area contributed by atoms with Gasteiger partial charge in [0.2, 0.25) is 0 Å². The molecule has 3 aromatic rings. The Morgan fingerprint density at radius 1 is 1.35 bits per heavy atom. The number of benzene rings is 1. The summed E-state index contributed by atoms with van der Waals surface area (Å²) in [4.78, 5) is 27.4. The van der Waals surface area contributed by atoms with E-state index >= 15 is 0 Å². The zero-order valence-corrected chi connectivity index (χ0v) is 12.3. The second-order valence-corrected chi connectivity index (χ2v) is 5.67. The summed E-state index contributed by atoms with van der Waals surface area (Å²) < 4.78 is 3.19. The molecule has 0 fully saturated rings. The van der Waals surface area contributed by atoms with Crippen LogP contribution in [0.3, 0.4) is 0 Å². The largest absolute Gasteiger partial charge is 0.548 e. The molecule has 0 bridgehead atoms. The van der Waals surface area contributed by atoms with Crippen LogP contribution in [0.15, 0.2) is 39.0 Å². The molecule has 0 saturated carbocycles. The minimum absolute atomic E-state index is 0.447. The van der Waals surface area contributed by atoms with Crippen LogP contribution in [0.1, 0.15) is 0 Å². The van der Waals surface area contributed by atoms with Crippen LogP contribution in [-0.4, -0.2) is 20.1 Å². The molecule has 0 aliphatic heterocycles. The molecule has 0 radical (unpaired) electrons. The normalized spacial score (nSPS) is 11.1. The molecule has 0 aliphatic rings. The topological polar surface area (TPSA) is 80.0 Å². The molecule has 0 spiro atoms. The zero-order valence-electron chi connectivity index (χ0n) is 9.95. The first-order valence-electron chi connectivity index (χ1n) is 5.59. The van der Waals surface area contributed by atoms with Crippen LogP contribution in [0.25, 0.3) is 16.2 Å². The van der Waals surface area contributed by atoms with Crippen molar-refractivity contribution in [2.24, 2.45) is 0 Å². The van der Waals surface area contributed by atoms with Gasteiger partial charge in [-0.1, -0.05) is 12.1 Å². The molecule has 0 saturated heterocycles. The first-order chi connectivity index (χ1) is 9.58. The van der Waals surface area contributed by atoms with Gasteiger partial charge < -0.3 is 9.90 Å². The third kappa shape index (κ3) is 2.06. The predicted molar refractivity (Wildman–Crippen MR) is 75.9 cm³/mol. The maximum atomic E-state index is 12.4. The Kier molecular flexibility index (Phi) is 3.19. The Morgan fingerprint density at radius 3 is 2.65 bits per heavy atom. The molecule has 8 heteroatoms. The number of carboxylic acids is 1. The van der Waals surface area contributed by atoms with E-state index in [0.717, 1.165) is 0 Å². The van der Waals surface area contributed by atoms with Crippen molar-refractivity contribution < 1.29 is 9.90 Å². The zero-order chi connectivity index (χ0) is 14.3. The number of aromatic nitrogens is 3. The summed E-state index contributed by atoms with van der Waals surface area (Å²) in [7, 11) is 0. The van der Waals surface area contributed by atoms with Crippen LogP contribution in [0.2, 0.25) is 0 Å². The van der Waals surface area contributed by atoms with E-state index in [1.54, 1.807) is 29.6 Å². The van der Waals surface area contributed by atoms with Crippen LogP contribution in [0.4, 0.5) is 0 Å². The van der Waals surface area contributed by atoms with Gasteiger partial charge in [-0.05, 0) is 28.1 Å². The molecule has 0 N–H and O–H groups in total. The van der Waals surface area contributed by atoms with E-state index in [4.69, 9.17) is 0 Å². The number of carbonyl (C=O) groups excluding carboxylic acids is 1. The number of carbonyl (C=O) groups is 1. The minimum Gasteiger partial charge on any atom is -0.548 e. The van der Waals surface area contributed by atoms with Gasteiger partial charge in [0, 0.05) is 5.38 Å². The van der Waals surface area contributed by atoms with Gasteiger partial charge in [-0.3, -0.25) is 4.57 Å². The number of nitrogens with zero attached hydrogens (tertiary/aromatic N) is 3. The summed E-state index contributed by atoms with van der Waals surface area (Å²) >= 11 is 4.53. The van der Waals surface area contributed by atoms with Crippen molar-refractivity contribution in [1.29, 1.82) is 0 Å². The van der Waals surface area contributed by atoms with Gasteiger partial charge >= 0.3 is 5.69 Å². The van der Waals surface area contributed by atoms with Crippen molar-refractivity contribution in [1.82, 2.24) is 14.1 Å². The molecule has 1 aromatic carbocycles. The number of imidazole rings is 1. The highest BCUT2D eigenvalue weighted by Crippen LogP contribution is 2.22. The quantitative estimate of drug-likeness (QED) is 0.696. The summed E-state index contributed by atoms with van der Waals surface area (Å²) in [6.45, 7) is -0.487. The van der Waals surface area contributed by atoms with Crippen molar-refractivity contribution in [2.45, 2.75) is 6.54 Å². The Balaban J connectivity index is 2.35. The maximum absolute atomic E-state index is 12.4. The molecule has 20 heavy (non-hydrogen) atoms. The van der Waals surface area contributed by atoms with Crippen LogP contribution >= 0.6 is 27.3 Å². The number of hydrogen-bond acceptors (Lipinski definition) is 5. The maximum Gasteiger partial charge on any atom is 0.335 e. The van der Waals surface area contributed by atoms with E-state index in [2.05, 4.69) is 20.9 Å². The highest BCUT2D eigenvalue weighted by atomic mass is 79.9. The number of fused-ring (bicyclic) bond motifs is 1. The Hall–Kier alpha value is -1.93. The smallest absolute Gasteiger partial charge is 0.335 e. The average Bonchev–Trinajstić information content (AvgIpc) is 2.93. The molecule has 6 nitrogen and oxygen atoms in total. The lowest BCUT2D eigenvalue weighted by Gasteiger charge is -2.02. The Bertz CT molecular complexity index is 864. The molecule has 2 aromatic heterocycles. The summed E-state index contributed by atoms with van der Waals surface area (Å²) in [6, 6.07) is 6.97. The first kappa shape index (κ1) is 13.1. The summed E-state index contributed by atoms with van der Waals surface area (Å²) in [6.07, 6.45) is 0. The SMILES string of the molecule is O=C([O-])Cn1c(=O)n(-c2nc(Br)cs2)c2ccccc21. The summed E-state index contributed by atoms with van der Waals surface area (Å²) in [5, 5.41) is 13.1. The van der Waals surface area contributed by atoms with E-state index in [0.29, 0.717) is 20.8 Å². The number of carboxylic acid groups (broad SMARTS) is 1. The molecule has 3 rings (SSSR count). The minimum atomic E-state index is -1.31. The van der Waals surface area contributed by atoms with Crippen LogP contribution in [0, 0.1) is 0 Å². The fraction of sp³-hybridized carbons (Fsp3) is 0.0833. The molecule has 102 valence electrons. The van der Waals surface area contributed by atoms with E-state index in [9.17, 15) is 14.7 Å². The Morgan fingerprint density at radius 2 is 2.05 bits per heavy atom. The van der Waals surface area contributed by atoms with Crippen LogP contribution in [0.5, 0.6) is 0 Å². The van der Waals surface area contributed by atoms with Crippen LogP contribution < -0.4 is 10.8 Å². The van der Waals surface area contributed by atoms with Crippen molar-refractivity contribution in [3.05, 3.63) is 44.7 Å². The lowest BCUT2D eigenvalue weighted by atomic mass is 10.3. The van der Waals surface area contributed by atoms with Gasteiger partial charge in [0.1, 0.15) is 4.60 Å². The van der Waals surface area contributed by atoms with Gasteiger partial charge in [0.15, 0.2) is 5.13 Å². The highest BCUT2D eigenvalue weighted by Gasteiger charge is 2.16. The Labute approximate surface area is 125 Å². The number of para-hydroxylation sites is 2. The third-order valence-electron chi connectivity index (χ3n) is 2.78. The lowest BCUT2D eigenvalue weighted by Crippen LogP contribution is -2.33. The van der Waals surface area contributed by atoms with E-state index in [1.807, 2.05) is 0 Å². The lowest BCUT2D eigenvalue weighted by molar-refractivity contribution is -0.306. The predicted octanol–water partition coefficient (Wildman–Crippen LogP) is 0.761. The first-order valence-corrected chi connectivity index (χ1v) is 7.26. The fourth-order valence-electron chi connectivity index (χ4n) is 2.02. The number of aliphatic carboxylic acids is 1. The van der Waals surface area contributed by atoms with Crippen molar-refractivity contribution in [3.8, 4) is 5.13 Å². The van der Waals surface area contributed by atoms with Crippen LogP contribution in [-0.2, 0) is 11.3 Å². The second kappa shape index (κ2) is 4.88. The molecule has 0 unspecified atom stereocenters. The molecular formula is C12H7BrN3O3S-. The van der Waals surface area contributed by atoms with Crippen molar-refractivity contribution >= 4 is 44.3 Å². The van der Waals surface area contributed by atoms with E-state index in [-0.39, 0.29) is 0 Å². The standard InChI is InChI=1S/C12H8BrN3O3S/c13-9-6-20-11(14-9)16-8-4-2-1-3-7(8)15(12(16)19)5-10(17)18/h1-4,6H,5H2,(H,17,18)/p-1. The van der Waals surface area contributed by atoms with E-state index < -0.39 is 18.2 Å². The summed E-state index contributed by atoms with van der Waals surface area (Å²) in [5.74, 6) is -1.31. The van der Waals surface area contributed by atoms with Crippen molar-refractivity contribution in [2.75, 3.05) is 0 Å². The van der Waals surface area contributed by atoms with Crippen molar-refractivity contribution in [3.63, 3.8) is 0 Å². The number of halogens is 1. The highest BCUT2D eigenvalue weighted by molar-refractivity contribution is 9.10. The fourth-order valence-corrected chi connectivity index (χ4v) is 3.28. The monoisotopic (exact) mass is 352 g/mol. The molecule has 0 aliphatic carbocycles. The third-order valence-corrected chi connectivity index (χ3v) is 4.31. The summed E-state index contributed by atoms with van der Waals surface area (Å²) in [5.41, 5.74) is 0.700.